The minimum atomic E-state index is -4.42. The molecule has 0 bridgehead atoms. The van der Waals surface area contributed by atoms with E-state index in [2.05, 4.69) is 10.5 Å². The molecule has 10 heteroatoms. The number of hydrazone groups is 1. The van der Waals surface area contributed by atoms with Crippen LogP contribution in [0.3, 0.4) is 0 Å². The van der Waals surface area contributed by atoms with Gasteiger partial charge in [0.05, 0.1) is 36.6 Å². The molecular formula is C16H14F3N3O4. The van der Waals surface area contributed by atoms with E-state index in [0.717, 1.165) is 12.1 Å². The van der Waals surface area contributed by atoms with Gasteiger partial charge in [-0.1, -0.05) is 0 Å². The summed E-state index contributed by atoms with van der Waals surface area (Å²) in [5.41, 5.74) is 2.10. The fourth-order valence-electron chi connectivity index (χ4n) is 2.06. The van der Waals surface area contributed by atoms with E-state index in [9.17, 15) is 23.3 Å². The monoisotopic (exact) mass is 369 g/mol. The number of nitro benzene ring substituents is 1. The summed E-state index contributed by atoms with van der Waals surface area (Å²) in [6.45, 7) is 0. The lowest BCUT2D eigenvalue weighted by Crippen LogP contribution is -2.04. The molecule has 0 atom stereocenters. The van der Waals surface area contributed by atoms with Crippen LogP contribution in [0.25, 0.3) is 0 Å². The summed E-state index contributed by atoms with van der Waals surface area (Å²) in [4.78, 5) is 10.5. The van der Waals surface area contributed by atoms with Crippen LogP contribution >= 0.6 is 0 Å². The first-order valence-electron chi connectivity index (χ1n) is 7.13. The Bertz CT molecular complexity index is 821. The summed E-state index contributed by atoms with van der Waals surface area (Å²) >= 11 is 0. The number of methoxy groups -OCH3 is 2. The standard InChI is InChI=1S/C16H14F3N3O4/c1-25-14-8-15(26-2)13(22(23)24)7-10(14)9-20-21-12-5-3-11(4-6-12)16(17,18)19/h3-9,21H,1-2H3. The Balaban J connectivity index is 2.22. The van der Waals surface area contributed by atoms with Crippen molar-refractivity contribution in [2.75, 3.05) is 19.6 Å². The van der Waals surface area contributed by atoms with E-state index < -0.39 is 16.7 Å². The van der Waals surface area contributed by atoms with E-state index in [1.807, 2.05) is 0 Å². The van der Waals surface area contributed by atoms with Crippen LogP contribution in [0, 0.1) is 10.1 Å². The molecule has 1 N–H and O–H groups in total. The van der Waals surface area contributed by atoms with Crippen molar-refractivity contribution in [3.8, 4) is 11.5 Å². The number of alkyl halides is 3. The van der Waals surface area contributed by atoms with E-state index in [-0.39, 0.29) is 17.2 Å². The van der Waals surface area contributed by atoms with Crippen LogP contribution < -0.4 is 14.9 Å². The SMILES string of the molecule is COc1cc(OC)c([N+](=O)[O-])cc1C=NNc1ccc(C(F)(F)F)cc1. The summed E-state index contributed by atoms with van der Waals surface area (Å²) in [6.07, 6.45) is -3.17. The highest BCUT2D eigenvalue weighted by Gasteiger charge is 2.29. The molecule has 0 amide bonds. The molecule has 0 saturated heterocycles. The van der Waals surface area contributed by atoms with Crippen molar-refractivity contribution in [1.82, 2.24) is 0 Å². The van der Waals surface area contributed by atoms with E-state index in [0.29, 0.717) is 11.3 Å². The number of nitro groups is 1. The van der Waals surface area contributed by atoms with Crippen molar-refractivity contribution in [3.05, 3.63) is 57.6 Å². The third-order valence-corrected chi connectivity index (χ3v) is 3.34. The largest absolute Gasteiger partial charge is 0.496 e. The minimum absolute atomic E-state index is 0.0275. The average molecular weight is 369 g/mol. The van der Waals surface area contributed by atoms with Crippen LogP contribution in [-0.4, -0.2) is 25.4 Å². The van der Waals surface area contributed by atoms with Crippen LogP contribution in [0.1, 0.15) is 11.1 Å². The van der Waals surface area contributed by atoms with Crippen molar-refractivity contribution < 1.29 is 27.6 Å². The lowest BCUT2D eigenvalue weighted by atomic mass is 10.1. The second-order valence-corrected chi connectivity index (χ2v) is 4.97. The Labute approximate surface area is 146 Å². The number of anilines is 1. The maximum absolute atomic E-state index is 12.5. The number of nitrogens with one attached hydrogen (secondary N) is 1. The smallest absolute Gasteiger partial charge is 0.416 e. The lowest BCUT2D eigenvalue weighted by Gasteiger charge is -2.09. The number of ether oxygens (including phenoxy) is 2. The zero-order valence-electron chi connectivity index (χ0n) is 13.7. The van der Waals surface area contributed by atoms with Crippen LogP contribution in [0.2, 0.25) is 0 Å². The van der Waals surface area contributed by atoms with Crippen molar-refractivity contribution in [2.24, 2.45) is 5.10 Å². The summed E-state index contributed by atoms with van der Waals surface area (Å²) in [5.74, 6) is 0.310. The molecule has 0 radical (unpaired) electrons. The Kier molecular flexibility index (Phi) is 5.65. The van der Waals surface area contributed by atoms with E-state index in [1.54, 1.807) is 0 Å². The van der Waals surface area contributed by atoms with Gasteiger partial charge in [-0.25, -0.2) is 0 Å². The number of benzene rings is 2. The van der Waals surface area contributed by atoms with Gasteiger partial charge in [0.1, 0.15) is 5.75 Å². The average Bonchev–Trinajstić information content (AvgIpc) is 2.60. The summed E-state index contributed by atoms with van der Waals surface area (Å²) < 4.78 is 47.6. The summed E-state index contributed by atoms with van der Waals surface area (Å²) in [5, 5.41) is 14.9. The normalized spacial score (nSPS) is 11.4. The molecule has 0 saturated carbocycles. The van der Waals surface area contributed by atoms with Crippen molar-refractivity contribution in [3.63, 3.8) is 0 Å². The summed E-state index contributed by atoms with van der Waals surface area (Å²) in [7, 11) is 2.67. The van der Waals surface area contributed by atoms with Gasteiger partial charge in [0, 0.05) is 17.7 Å². The molecule has 0 unspecified atom stereocenters. The molecule has 0 aliphatic carbocycles. The molecule has 2 aromatic carbocycles. The molecule has 2 aromatic rings. The molecule has 0 spiro atoms. The molecule has 2 rings (SSSR count). The first-order chi connectivity index (χ1) is 12.3. The van der Waals surface area contributed by atoms with Gasteiger partial charge >= 0.3 is 11.9 Å². The van der Waals surface area contributed by atoms with Crippen LogP contribution in [-0.2, 0) is 6.18 Å². The molecule has 26 heavy (non-hydrogen) atoms. The first-order valence-corrected chi connectivity index (χ1v) is 7.13. The lowest BCUT2D eigenvalue weighted by molar-refractivity contribution is -0.385. The molecule has 0 fully saturated rings. The molecule has 0 aliphatic rings. The fraction of sp³-hybridized carbons (Fsp3) is 0.188. The van der Waals surface area contributed by atoms with Gasteiger partial charge in [-0.15, -0.1) is 0 Å². The van der Waals surface area contributed by atoms with Gasteiger partial charge in [0.15, 0.2) is 0 Å². The number of rotatable bonds is 6. The summed E-state index contributed by atoms with van der Waals surface area (Å²) in [6, 6.07) is 6.82. The van der Waals surface area contributed by atoms with E-state index >= 15 is 0 Å². The van der Waals surface area contributed by atoms with Gasteiger partial charge in [-0.2, -0.15) is 18.3 Å². The highest BCUT2D eigenvalue weighted by Crippen LogP contribution is 2.33. The first kappa shape index (κ1) is 19.0. The second-order valence-electron chi connectivity index (χ2n) is 4.97. The highest BCUT2D eigenvalue weighted by molar-refractivity contribution is 5.86. The molecule has 0 aliphatic heterocycles. The predicted octanol–water partition coefficient (Wildman–Crippen LogP) is 4.08. The van der Waals surface area contributed by atoms with Crippen LogP contribution in [0.4, 0.5) is 24.5 Å². The third-order valence-electron chi connectivity index (χ3n) is 3.34. The Morgan fingerprint density at radius 3 is 2.23 bits per heavy atom. The van der Waals surface area contributed by atoms with Gasteiger partial charge in [-0.3, -0.25) is 15.5 Å². The van der Waals surface area contributed by atoms with Gasteiger partial charge < -0.3 is 9.47 Å². The van der Waals surface area contributed by atoms with Crippen molar-refractivity contribution in [2.45, 2.75) is 6.18 Å². The maximum Gasteiger partial charge on any atom is 0.416 e. The zero-order valence-corrected chi connectivity index (χ0v) is 13.7. The number of hydrogen-bond donors (Lipinski definition) is 1. The second kappa shape index (κ2) is 7.72. The minimum Gasteiger partial charge on any atom is -0.496 e. The topological polar surface area (TPSA) is 86.0 Å². The van der Waals surface area contributed by atoms with Crippen LogP contribution in [0.5, 0.6) is 11.5 Å². The van der Waals surface area contributed by atoms with Gasteiger partial charge in [0.2, 0.25) is 5.75 Å². The number of halogens is 3. The molecule has 0 aromatic heterocycles. The Morgan fingerprint density at radius 2 is 1.73 bits per heavy atom. The maximum atomic E-state index is 12.5. The quantitative estimate of drug-likeness (QED) is 0.471. The van der Waals surface area contributed by atoms with Gasteiger partial charge in [-0.05, 0) is 24.3 Å². The van der Waals surface area contributed by atoms with E-state index in [4.69, 9.17) is 9.47 Å². The number of hydrogen-bond acceptors (Lipinski definition) is 6. The van der Waals surface area contributed by atoms with Crippen molar-refractivity contribution in [1.29, 1.82) is 0 Å². The molecular weight excluding hydrogens is 355 g/mol. The van der Waals surface area contributed by atoms with Gasteiger partial charge in [0.25, 0.3) is 0 Å². The number of nitrogens with zero attached hydrogens (tertiary/aromatic N) is 2. The fourth-order valence-corrected chi connectivity index (χ4v) is 2.06. The molecule has 7 nitrogen and oxygen atoms in total. The Morgan fingerprint density at radius 1 is 1.12 bits per heavy atom. The third kappa shape index (κ3) is 4.41. The molecule has 0 heterocycles. The Hall–Kier alpha value is -3.30. The highest BCUT2D eigenvalue weighted by atomic mass is 19.4. The van der Waals surface area contributed by atoms with Crippen molar-refractivity contribution >= 4 is 17.6 Å². The predicted molar refractivity (Wildman–Crippen MR) is 88.9 cm³/mol. The molecule has 138 valence electrons. The van der Waals surface area contributed by atoms with E-state index in [1.165, 1.54) is 44.7 Å². The zero-order chi connectivity index (χ0) is 19.3. The van der Waals surface area contributed by atoms with Crippen LogP contribution in [0.15, 0.2) is 41.5 Å².